The number of carbonyl (C=O) groups is 3. The summed E-state index contributed by atoms with van der Waals surface area (Å²) in [6, 6.07) is 0. The Bertz CT molecular complexity index is 556. The van der Waals surface area contributed by atoms with Crippen LogP contribution in [0.3, 0.4) is 0 Å². The number of carbonyl (C=O) groups excluding carboxylic acids is 2. The standard InChI is InChI=1S/C5H7FO2.C3H3BrO3.2C3H6O.C3H6.C2H3Br.CH2O3.CH4O.CH4.2K.H/c1-4(3-6)5(7)8-2;4-2(1-5)3(6)7;1-3-2-4-3;1-3-4-2;1-3-2;1-2-3;2-1-4-3;1-2;;;;/h3H,1-2H3;1,5H,(H,6,7);3H,2H2,1H3;3H,1H2,2H3;3H,1H2,2H3;2H,1H2;1,3H;2H,1H3;1H4;;;/q;;;;;;;;;2*+1;-1/p-1/b4-3+;2-1-;;;;;;;;;;. The molecule has 1 saturated heterocycles. The van der Waals surface area contributed by atoms with E-state index in [2.05, 4.69) is 72.9 Å². The van der Waals surface area contributed by atoms with Crippen molar-refractivity contribution in [3.05, 3.63) is 59.7 Å². The molecule has 1 rings (SSSR count). The van der Waals surface area contributed by atoms with Crippen molar-refractivity contribution in [2.75, 3.05) is 27.9 Å². The second-order valence-electron chi connectivity index (χ2n) is 4.37. The van der Waals surface area contributed by atoms with Crippen LogP contribution in [-0.4, -0.2) is 67.8 Å². The summed E-state index contributed by atoms with van der Waals surface area (Å²) in [5, 5.41) is 31.3. The fourth-order valence-corrected chi connectivity index (χ4v) is 0.357. The van der Waals surface area contributed by atoms with E-state index in [4.69, 9.17) is 30.1 Å². The molecule has 1 fully saturated rings. The molecule has 0 saturated carbocycles. The van der Waals surface area contributed by atoms with Crippen LogP contribution in [0.4, 0.5) is 4.39 Å². The number of aliphatic hydroxyl groups excluding tert-OH is 2. The monoisotopic (exact) mass is 736 g/mol. The molecule has 1 atom stereocenters. The third-order valence-corrected chi connectivity index (χ3v) is 2.24. The van der Waals surface area contributed by atoms with Crippen LogP contribution in [-0.2, 0) is 33.5 Å². The van der Waals surface area contributed by atoms with Crippen molar-refractivity contribution in [2.45, 2.75) is 34.3 Å². The molecule has 0 spiro atoms. The average molecular weight is 739 g/mol. The number of methoxy groups -OCH3 is 2. The molecular weight excluding hydrogens is 697 g/mol. The normalized spacial score (nSPS) is 10.6. The first-order chi connectivity index (χ1) is 16.5. The Morgan fingerprint density at radius 1 is 1.21 bits per heavy atom. The van der Waals surface area contributed by atoms with Gasteiger partial charge in [-0.25, -0.2) is 14.0 Å². The number of aliphatic carboxylic acids is 1. The first-order valence-corrected chi connectivity index (χ1v) is 10.5. The fraction of sp³-hybridized carbons (Fsp3) is 0.409. The van der Waals surface area contributed by atoms with Gasteiger partial charge in [-0.2, -0.15) is 0 Å². The number of aliphatic hydroxyl groups is 2. The van der Waals surface area contributed by atoms with E-state index in [1.165, 1.54) is 20.3 Å². The van der Waals surface area contributed by atoms with Crippen molar-refractivity contribution in [3.63, 3.8) is 0 Å². The third kappa shape index (κ3) is 120. The van der Waals surface area contributed by atoms with Gasteiger partial charge in [-0.1, -0.05) is 42.6 Å². The zero-order valence-electron chi connectivity index (χ0n) is 23.6. The predicted molar refractivity (Wildman–Crippen MR) is 145 cm³/mol. The zero-order valence-corrected chi connectivity index (χ0v) is 32.0. The van der Waals surface area contributed by atoms with Crippen molar-refractivity contribution in [2.24, 2.45) is 0 Å². The van der Waals surface area contributed by atoms with Crippen molar-refractivity contribution in [1.82, 2.24) is 0 Å². The number of carboxylic acids is 1. The van der Waals surface area contributed by atoms with Crippen LogP contribution in [0.15, 0.2) is 59.7 Å². The van der Waals surface area contributed by atoms with E-state index in [0.29, 0.717) is 12.4 Å². The maximum atomic E-state index is 11.4. The molecule has 38 heavy (non-hydrogen) atoms. The van der Waals surface area contributed by atoms with E-state index in [0.717, 1.165) is 13.7 Å². The number of rotatable bonds is 4. The van der Waals surface area contributed by atoms with Gasteiger partial charge in [-0.15, -0.1) is 6.58 Å². The van der Waals surface area contributed by atoms with E-state index in [9.17, 15) is 14.0 Å². The number of epoxide rings is 1. The minimum Gasteiger partial charge on any atom is -1.00 e. The fourth-order valence-electron chi connectivity index (χ4n) is 0.357. The summed E-state index contributed by atoms with van der Waals surface area (Å²) in [5.41, 5.74) is -0.0208. The molecule has 0 radical (unpaired) electrons. The maximum absolute atomic E-state index is 11.4. The van der Waals surface area contributed by atoms with Gasteiger partial charge >= 0.3 is 115 Å². The molecule has 0 bridgehead atoms. The summed E-state index contributed by atoms with van der Waals surface area (Å²) in [6.45, 7) is 16.0. The molecule has 1 heterocycles. The van der Waals surface area contributed by atoms with E-state index in [1.54, 1.807) is 18.2 Å². The Hall–Kier alpha value is 0.753. The summed E-state index contributed by atoms with van der Waals surface area (Å²) >= 11 is 5.46. The number of carboxylic acid groups (broad SMARTS) is 1. The number of hydrogen-bond donors (Lipinski definition) is 3. The quantitative estimate of drug-likeness (QED) is 0.0356. The van der Waals surface area contributed by atoms with Crippen LogP contribution < -0.4 is 108 Å². The van der Waals surface area contributed by atoms with E-state index >= 15 is 0 Å². The van der Waals surface area contributed by atoms with Crippen LogP contribution in [0.5, 0.6) is 0 Å². The minimum absolute atomic E-state index is 0. The van der Waals surface area contributed by atoms with E-state index in [-0.39, 0.29) is 134 Å². The summed E-state index contributed by atoms with van der Waals surface area (Å²) in [6.07, 6.45) is 4.40. The van der Waals surface area contributed by atoms with Crippen molar-refractivity contribution < 1.29 is 163 Å². The molecule has 1 aliphatic rings. The van der Waals surface area contributed by atoms with E-state index in [1.807, 2.05) is 6.92 Å². The molecule has 218 valence electrons. The largest absolute Gasteiger partial charge is 1.00 e. The second kappa shape index (κ2) is 71.3. The van der Waals surface area contributed by atoms with Crippen molar-refractivity contribution in [3.8, 4) is 0 Å². The van der Waals surface area contributed by atoms with Gasteiger partial charge < -0.3 is 41.1 Å². The molecule has 0 aromatic heterocycles. The number of halogens is 3. The maximum Gasteiger partial charge on any atom is 1.00 e. The second-order valence-corrected chi connectivity index (χ2v) is 5.87. The molecule has 1 unspecified atom stereocenters. The van der Waals surface area contributed by atoms with Crippen LogP contribution in [0.25, 0.3) is 0 Å². The van der Waals surface area contributed by atoms with Crippen LogP contribution >= 0.6 is 31.9 Å². The summed E-state index contributed by atoms with van der Waals surface area (Å²) < 4.78 is 24.3. The van der Waals surface area contributed by atoms with Gasteiger partial charge in [-0.05, 0) is 41.7 Å². The molecule has 16 heteroatoms. The smallest absolute Gasteiger partial charge is 1.00 e. The Labute approximate surface area is 329 Å². The average Bonchev–Trinajstić information content (AvgIpc) is 3.67. The number of ether oxygens (including phenoxy) is 3. The number of esters is 1. The third-order valence-electron chi connectivity index (χ3n) is 1.69. The topological polar surface area (TPSA) is 175 Å². The predicted octanol–water partition coefficient (Wildman–Crippen LogP) is -1.40. The Balaban J connectivity index is -0.0000000260. The van der Waals surface area contributed by atoms with Gasteiger partial charge in [0.1, 0.15) is 10.7 Å². The molecule has 0 aliphatic carbocycles. The number of hydrogen-bond acceptors (Lipinski definition) is 10. The first-order valence-electron chi connectivity index (χ1n) is 8.75. The summed E-state index contributed by atoms with van der Waals surface area (Å²) in [5.74, 6) is -1.81. The summed E-state index contributed by atoms with van der Waals surface area (Å²) in [7, 11) is 3.77. The zero-order chi connectivity index (χ0) is 29.7. The van der Waals surface area contributed by atoms with Gasteiger partial charge in [0.2, 0.25) is 0 Å². The molecule has 0 aromatic rings. The molecule has 1 aliphatic heterocycles. The Morgan fingerprint density at radius 3 is 1.50 bits per heavy atom. The summed E-state index contributed by atoms with van der Waals surface area (Å²) in [4.78, 5) is 32.7. The van der Waals surface area contributed by atoms with E-state index < -0.39 is 11.9 Å². The van der Waals surface area contributed by atoms with Gasteiger partial charge in [-0.3, -0.25) is 4.79 Å². The Morgan fingerprint density at radius 2 is 1.47 bits per heavy atom. The molecule has 11 nitrogen and oxygen atoms in total. The molecule has 0 aromatic carbocycles. The van der Waals surface area contributed by atoms with Crippen LogP contribution in [0.1, 0.15) is 29.6 Å². The van der Waals surface area contributed by atoms with Crippen molar-refractivity contribution >= 4 is 50.3 Å². The van der Waals surface area contributed by atoms with Gasteiger partial charge in [0.25, 0.3) is 6.47 Å². The van der Waals surface area contributed by atoms with Gasteiger partial charge in [0, 0.05) is 7.11 Å². The molecule has 0 amide bonds. The van der Waals surface area contributed by atoms with Gasteiger partial charge in [0.05, 0.1) is 45.1 Å². The van der Waals surface area contributed by atoms with Gasteiger partial charge in [0.15, 0.2) is 0 Å². The minimum atomic E-state index is -1.18. The Kier molecular flexibility index (Phi) is 125. The first kappa shape index (κ1) is 66.8. The SMILES string of the molecule is C.C=CBr.C=CC.C=COC.CC1CO1.CO.COC(=O)/C(C)=C/F.O=C(O)/C(Br)=C/O.O=CO[O-].[H-].[K+].[K+]. The van der Waals surface area contributed by atoms with Crippen LogP contribution in [0.2, 0.25) is 0 Å². The van der Waals surface area contributed by atoms with Crippen LogP contribution in [0, 0.1) is 0 Å². The molecule has 3 N–H and O–H groups in total. The van der Waals surface area contributed by atoms with Crippen molar-refractivity contribution in [1.29, 1.82) is 0 Å². The number of allylic oxidation sites excluding steroid dienone is 1. The molecular formula is C22H41Br2FK2O11.